The van der Waals surface area contributed by atoms with Crippen LogP contribution in [0.5, 0.6) is 0 Å². The number of methoxy groups -OCH3 is 1. The molecule has 2 aromatic rings. The van der Waals surface area contributed by atoms with Crippen LogP contribution in [0.3, 0.4) is 0 Å². The lowest BCUT2D eigenvalue weighted by Gasteiger charge is -2.16. The molecule has 1 aromatic heterocycles. The molecule has 0 saturated heterocycles. The van der Waals surface area contributed by atoms with Gasteiger partial charge in [-0.05, 0) is 43.9 Å². The van der Waals surface area contributed by atoms with Crippen molar-refractivity contribution >= 4 is 11.7 Å². The van der Waals surface area contributed by atoms with Crippen molar-refractivity contribution in [2.24, 2.45) is 0 Å². The number of nitrogens with zero attached hydrogens (tertiary/aromatic N) is 2. The summed E-state index contributed by atoms with van der Waals surface area (Å²) in [6.45, 7) is 0. The van der Waals surface area contributed by atoms with E-state index in [1.165, 1.54) is 19.2 Å². The summed E-state index contributed by atoms with van der Waals surface area (Å²) in [5, 5.41) is 0. The third-order valence-corrected chi connectivity index (χ3v) is 3.74. The Balaban J connectivity index is 2.09. The largest absolute Gasteiger partial charge is 0.465 e. The maximum Gasteiger partial charge on any atom is 0.337 e. The highest BCUT2D eigenvalue weighted by atomic mass is 16.5. The highest BCUT2D eigenvalue weighted by molar-refractivity contribution is 5.91. The Bertz CT molecular complexity index is 661. The standard InChI is InChI=1S/C15H17N3O2/c1-20-15(19)10-6-7-11(16)14(8-10)18-9-17-12-4-2-3-5-13(12)18/h6-9H,2-5,16H2,1H3. The summed E-state index contributed by atoms with van der Waals surface area (Å²) in [6, 6.07) is 5.17. The molecule has 2 N–H and O–H groups in total. The van der Waals surface area contributed by atoms with E-state index in [-0.39, 0.29) is 5.97 Å². The van der Waals surface area contributed by atoms with Crippen LogP contribution in [0.1, 0.15) is 34.6 Å². The number of aryl methyl sites for hydroxylation is 1. The van der Waals surface area contributed by atoms with Crippen LogP contribution in [-0.2, 0) is 17.6 Å². The monoisotopic (exact) mass is 271 g/mol. The number of imidazole rings is 1. The predicted octanol–water partition coefficient (Wildman–Crippen LogP) is 2.12. The highest BCUT2D eigenvalue weighted by Crippen LogP contribution is 2.26. The molecular weight excluding hydrogens is 254 g/mol. The third kappa shape index (κ3) is 2.05. The van der Waals surface area contributed by atoms with Crippen LogP contribution in [0.2, 0.25) is 0 Å². The molecule has 1 aromatic carbocycles. The first-order valence-corrected chi connectivity index (χ1v) is 6.74. The Morgan fingerprint density at radius 1 is 1.35 bits per heavy atom. The van der Waals surface area contributed by atoms with E-state index < -0.39 is 0 Å². The number of anilines is 1. The lowest BCUT2D eigenvalue weighted by Crippen LogP contribution is -2.10. The predicted molar refractivity (Wildman–Crippen MR) is 76.0 cm³/mol. The van der Waals surface area contributed by atoms with Crippen LogP contribution in [0, 0.1) is 0 Å². The van der Waals surface area contributed by atoms with E-state index in [2.05, 4.69) is 4.98 Å². The Hall–Kier alpha value is -2.30. The number of fused-ring (bicyclic) bond motifs is 1. The molecule has 0 saturated carbocycles. The molecule has 1 aliphatic rings. The molecule has 0 atom stereocenters. The smallest absolute Gasteiger partial charge is 0.337 e. The molecule has 1 heterocycles. The topological polar surface area (TPSA) is 70.1 Å². The van der Waals surface area contributed by atoms with Crippen molar-refractivity contribution in [3.63, 3.8) is 0 Å². The van der Waals surface area contributed by atoms with Gasteiger partial charge in [0.25, 0.3) is 0 Å². The first-order chi connectivity index (χ1) is 9.70. The quantitative estimate of drug-likeness (QED) is 0.671. The second-order valence-electron chi connectivity index (χ2n) is 4.98. The third-order valence-electron chi connectivity index (χ3n) is 3.74. The molecule has 0 unspecified atom stereocenters. The van der Waals surface area contributed by atoms with Crippen molar-refractivity contribution in [1.82, 2.24) is 9.55 Å². The fourth-order valence-corrected chi connectivity index (χ4v) is 2.67. The van der Waals surface area contributed by atoms with E-state index in [9.17, 15) is 4.79 Å². The number of rotatable bonds is 2. The van der Waals surface area contributed by atoms with Crippen molar-refractivity contribution in [1.29, 1.82) is 0 Å². The van der Waals surface area contributed by atoms with Crippen LogP contribution in [0.4, 0.5) is 5.69 Å². The summed E-state index contributed by atoms with van der Waals surface area (Å²) in [7, 11) is 1.37. The van der Waals surface area contributed by atoms with Gasteiger partial charge in [0.2, 0.25) is 0 Å². The van der Waals surface area contributed by atoms with Gasteiger partial charge in [-0.15, -0.1) is 0 Å². The molecule has 0 spiro atoms. The number of hydrogen-bond acceptors (Lipinski definition) is 4. The minimum Gasteiger partial charge on any atom is -0.465 e. The molecule has 1 aliphatic carbocycles. The molecule has 0 amide bonds. The number of esters is 1. The van der Waals surface area contributed by atoms with E-state index in [0.717, 1.165) is 30.6 Å². The van der Waals surface area contributed by atoms with Gasteiger partial charge in [0, 0.05) is 5.69 Å². The Kier molecular flexibility index (Phi) is 3.18. The Labute approximate surface area is 117 Å². The maximum atomic E-state index is 11.6. The fourth-order valence-electron chi connectivity index (χ4n) is 2.67. The molecular formula is C15H17N3O2. The molecule has 5 nitrogen and oxygen atoms in total. The van der Waals surface area contributed by atoms with Crippen molar-refractivity contribution in [3.05, 3.63) is 41.5 Å². The summed E-state index contributed by atoms with van der Waals surface area (Å²) >= 11 is 0. The van der Waals surface area contributed by atoms with Gasteiger partial charge in [-0.25, -0.2) is 9.78 Å². The van der Waals surface area contributed by atoms with Gasteiger partial charge in [0.15, 0.2) is 0 Å². The van der Waals surface area contributed by atoms with Crippen molar-refractivity contribution in [2.45, 2.75) is 25.7 Å². The summed E-state index contributed by atoms with van der Waals surface area (Å²) in [5.74, 6) is -0.361. The van der Waals surface area contributed by atoms with Gasteiger partial charge in [-0.2, -0.15) is 0 Å². The minimum absolute atomic E-state index is 0.361. The SMILES string of the molecule is COC(=O)c1ccc(N)c(-n2cnc3c2CCCC3)c1. The number of benzene rings is 1. The number of nitrogens with two attached hydrogens (primary N) is 1. The number of hydrogen-bond donors (Lipinski definition) is 1. The summed E-state index contributed by atoms with van der Waals surface area (Å²) < 4.78 is 6.75. The van der Waals surface area contributed by atoms with Crippen LogP contribution < -0.4 is 5.73 Å². The Morgan fingerprint density at radius 3 is 2.95 bits per heavy atom. The van der Waals surface area contributed by atoms with E-state index in [1.807, 2.05) is 4.57 Å². The van der Waals surface area contributed by atoms with Crippen LogP contribution in [0.25, 0.3) is 5.69 Å². The summed E-state index contributed by atoms with van der Waals surface area (Å²) in [4.78, 5) is 16.1. The highest BCUT2D eigenvalue weighted by Gasteiger charge is 2.18. The van der Waals surface area contributed by atoms with Gasteiger partial charge >= 0.3 is 5.97 Å². The fraction of sp³-hybridized carbons (Fsp3) is 0.333. The lowest BCUT2D eigenvalue weighted by molar-refractivity contribution is 0.0600. The van der Waals surface area contributed by atoms with Crippen LogP contribution in [0.15, 0.2) is 24.5 Å². The second-order valence-corrected chi connectivity index (χ2v) is 4.98. The van der Waals surface area contributed by atoms with E-state index in [4.69, 9.17) is 10.5 Å². The molecule has 0 radical (unpaired) electrons. The van der Waals surface area contributed by atoms with Crippen molar-refractivity contribution in [2.75, 3.05) is 12.8 Å². The van der Waals surface area contributed by atoms with Crippen LogP contribution in [-0.4, -0.2) is 22.6 Å². The second kappa shape index (κ2) is 5.00. The number of carbonyl (C=O) groups is 1. The van der Waals surface area contributed by atoms with Gasteiger partial charge in [-0.3, -0.25) is 0 Å². The van der Waals surface area contributed by atoms with Gasteiger partial charge < -0.3 is 15.0 Å². The molecule has 3 rings (SSSR count). The molecule has 0 fully saturated rings. The first kappa shape index (κ1) is 12.7. The molecule has 0 bridgehead atoms. The van der Waals surface area contributed by atoms with Gasteiger partial charge in [0.1, 0.15) is 0 Å². The number of aromatic nitrogens is 2. The molecule has 0 aliphatic heterocycles. The lowest BCUT2D eigenvalue weighted by atomic mass is 10.0. The minimum atomic E-state index is -0.361. The summed E-state index contributed by atoms with van der Waals surface area (Å²) in [6.07, 6.45) is 6.15. The van der Waals surface area contributed by atoms with Crippen molar-refractivity contribution in [3.8, 4) is 5.69 Å². The van der Waals surface area contributed by atoms with Gasteiger partial charge in [-0.1, -0.05) is 0 Å². The number of nitrogen functional groups attached to an aromatic ring is 1. The zero-order valence-corrected chi connectivity index (χ0v) is 11.4. The average molecular weight is 271 g/mol. The average Bonchev–Trinajstić information content (AvgIpc) is 2.91. The van der Waals surface area contributed by atoms with E-state index in [0.29, 0.717) is 11.3 Å². The Morgan fingerprint density at radius 2 is 2.15 bits per heavy atom. The van der Waals surface area contributed by atoms with Crippen LogP contribution >= 0.6 is 0 Å². The summed E-state index contributed by atoms with van der Waals surface area (Å²) in [5.41, 5.74) is 10.3. The zero-order valence-electron chi connectivity index (χ0n) is 11.4. The maximum absolute atomic E-state index is 11.6. The normalized spacial score (nSPS) is 13.8. The van der Waals surface area contributed by atoms with Gasteiger partial charge in [0.05, 0.1) is 36.1 Å². The van der Waals surface area contributed by atoms with Crippen molar-refractivity contribution < 1.29 is 9.53 Å². The first-order valence-electron chi connectivity index (χ1n) is 6.74. The molecule has 104 valence electrons. The molecule has 5 heteroatoms. The number of carbonyl (C=O) groups excluding carboxylic acids is 1. The molecule has 20 heavy (non-hydrogen) atoms. The van der Waals surface area contributed by atoms with E-state index >= 15 is 0 Å². The zero-order chi connectivity index (χ0) is 14.1. The number of ether oxygens (including phenoxy) is 1. The van der Waals surface area contributed by atoms with E-state index in [1.54, 1.807) is 24.5 Å².